The van der Waals surface area contributed by atoms with E-state index in [9.17, 15) is 0 Å². The van der Waals surface area contributed by atoms with Crippen molar-refractivity contribution in [3.63, 3.8) is 0 Å². The third kappa shape index (κ3) is 2.86. The number of nitrogens with zero attached hydrogens (tertiary/aromatic N) is 2. The Morgan fingerprint density at radius 3 is 2.42 bits per heavy atom. The van der Waals surface area contributed by atoms with Crippen molar-refractivity contribution in [3.05, 3.63) is 18.0 Å². The molecule has 0 aliphatic heterocycles. The van der Waals surface area contributed by atoms with Gasteiger partial charge in [-0.1, -0.05) is 13.8 Å². The van der Waals surface area contributed by atoms with E-state index in [1.807, 2.05) is 19.3 Å². The molecule has 1 heterocycles. The van der Waals surface area contributed by atoms with Crippen LogP contribution in [0.25, 0.3) is 0 Å². The molecule has 1 rings (SSSR count). The van der Waals surface area contributed by atoms with E-state index >= 15 is 0 Å². The maximum absolute atomic E-state index is 4.13. The van der Waals surface area contributed by atoms with Gasteiger partial charge in [0.1, 0.15) is 0 Å². The summed E-state index contributed by atoms with van der Waals surface area (Å²) in [5.41, 5.74) is 1.09. The lowest BCUT2D eigenvalue weighted by Crippen LogP contribution is -2.10. The highest BCUT2D eigenvalue weighted by Crippen LogP contribution is 1.99. The largest absolute Gasteiger partial charge is 0.354 e. The van der Waals surface area contributed by atoms with E-state index in [0.29, 0.717) is 11.9 Å². The third-order valence-corrected chi connectivity index (χ3v) is 1.45. The van der Waals surface area contributed by atoms with Crippen molar-refractivity contribution in [2.75, 3.05) is 11.9 Å². The summed E-state index contributed by atoms with van der Waals surface area (Å²) < 4.78 is 0. The van der Waals surface area contributed by atoms with E-state index in [-0.39, 0.29) is 0 Å². The topological polar surface area (TPSA) is 37.8 Å². The van der Waals surface area contributed by atoms with E-state index < -0.39 is 0 Å². The Morgan fingerprint density at radius 2 is 1.92 bits per heavy atom. The van der Waals surface area contributed by atoms with Gasteiger partial charge in [-0.25, -0.2) is 9.97 Å². The standard InChI is InChI=1S/C9H15N3/c1-7(2)4-10-9-11-5-8(3)6-12-9/h5-7H,4H2,1-3H3,(H,10,11,12). The molecular weight excluding hydrogens is 150 g/mol. The zero-order valence-corrected chi connectivity index (χ0v) is 7.83. The van der Waals surface area contributed by atoms with E-state index in [4.69, 9.17) is 0 Å². The number of aromatic nitrogens is 2. The lowest BCUT2D eigenvalue weighted by molar-refractivity contribution is 0.684. The second-order valence-electron chi connectivity index (χ2n) is 3.36. The Kier molecular flexibility index (Phi) is 3.02. The van der Waals surface area contributed by atoms with Gasteiger partial charge in [0.15, 0.2) is 0 Å². The van der Waals surface area contributed by atoms with Crippen LogP contribution in [0.4, 0.5) is 5.95 Å². The molecule has 0 atom stereocenters. The molecule has 3 nitrogen and oxygen atoms in total. The van der Waals surface area contributed by atoms with Gasteiger partial charge in [0.2, 0.25) is 5.95 Å². The number of aryl methyl sites for hydroxylation is 1. The molecule has 0 aliphatic carbocycles. The molecule has 0 unspecified atom stereocenters. The summed E-state index contributed by atoms with van der Waals surface area (Å²) in [6, 6.07) is 0. The van der Waals surface area contributed by atoms with Crippen LogP contribution >= 0.6 is 0 Å². The Balaban J connectivity index is 2.48. The van der Waals surface area contributed by atoms with Gasteiger partial charge in [0.05, 0.1) is 0 Å². The minimum atomic E-state index is 0.620. The zero-order chi connectivity index (χ0) is 8.97. The lowest BCUT2D eigenvalue weighted by atomic mass is 10.2. The maximum Gasteiger partial charge on any atom is 0.222 e. The second kappa shape index (κ2) is 4.04. The first kappa shape index (κ1) is 8.97. The highest BCUT2D eigenvalue weighted by molar-refractivity contribution is 5.23. The minimum absolute atomic E-state index is 0.620. The molecule has 1 N–H and O–H groups in total. The summed E-state index contributed by atoms with van der Waals surface area (Å²) in [6.07, 6.45) is 3.63. The first-order valence-electron chi connectivity index (χ1n) is 4.21. The van der Waals surface area contributed by atoms with Crippen molar-refractivity contribution in [1.29, 1.82) is 0 Å². The summed E-state index contributed by atoms with van der Waals surface area (Å²) >= 11 is 0. The summed E-state index contributed by atoms with van der Waals surface area (Å²) in [5.74, 6) is 1.34. The predicted molar refractivity (Wildman–Crippen MR) is 50.1 cm³/mol. The highest BCUT2D eigenvalue weighted by Gasteiger charge is 1.95. The summed E-state index contributed by atoms with van der Waals surface area (Å²) in [7, 11) is 0. The van der Waals surface area contributed by atoms with Crippen LogP contribution in [-0.4, -0.2) is 16.5 Å². The molecule has 0 amide bonds. The molecule has 1 aromatic heterocycles. The first-order valence-corrected chi connectivity index (χ1v) is 4.21. The Morgan fingerprint density at radius 1 is 1.33 bits per heavy atom. The molecule has 12 heavy (non-hydrogen) atoms. The number of rotatable bonds is 3. The molecule has 0 fully saturated rings. The molecule has 66 valence electrons. The van der Waals surface area contributed by atoms with Crippen molar-refractivity contribution in [2.24, 2.45) is 5.92 Å². The quantitative estimate of drug-likeness (QED) is 0.742. The molecule has 0 aliphatic rings. The van der Waals surface area contributed by atoms with Crippen LogP contribution < -0.4 is 5.32 Å². The van der Waals surface area contributed by atoms with E-state index in [1.165, 1.54) is 0 Å². The summed E-state index contributed by atoms with van der Waals surface area (Å²) in [5, 5.41) is 3.15. The first-order chi connectivity index (χ1) is 5.68. The van der Waals surface area contributed by atoms with Crippen LogP contribution in [0.5, 0.6) is 0 Å². The number of hydrogen-bond donors (Lipinski definition) is 1. The van der Waals surface area contributed by atoms with Gasteiger partial charge in [0.25, 0.3) is 0 Å². The van der Waals surface area contributed by atoms with Gasteiger partial charge in [-0.3, -0.25) is 0 Å². The van der Waals surface area contributed by atoms with Crippen LogP contribution in [0, 0.1) is 12.8 Å². The van der Waals surface area contributed by atoms with Gasteiger partial charge in [-0.15, -0.1) is 0 Å². The van der Waals surface area contributed by atoms with Crippen molar-refractivity contribution >= 4 is 5.95 Å². The maximum atomic E-state index is 4.13. The average Bonchev–Trinajstić information content (AvgIpc) is 2.03. The molecular formula is C9H15N3. The van der Waals surface area contributed by atoms with Crippen LogP contribution in [-0.2, 0) is 0 Å². The van der Waals surface area contributed by atoms with E-state index in [0.717, 1.165) is 12.1 Å². The van der Waals surface area contributed by atoms with Gasteiger partial charge in [0, 0.05) is 18.9 Å². The van der Waals surface area contributed by atoms with E-state index in [2.05, 4.69) is 29.1 Å². The van der Waals surface area contributed by atoms with Gasteiger partial charge >= 0.3 is 0 Å². The molecule has 0 bridgehead atoms. The fourth-order valence-corrected chi connectivity index (χ4v) is 0.779. The van der Waals surface area contributed by atoms with Crippen LogP contribution in [0.2, 0.25) is 0 Å². The fourth-order valence-electron chi connectivity index (χ4n) is 0.779. The smallest absolute Gasteiger partial charge is 0.222 e. The van der Waals surface area contributed by atoms with Crippen LogP contribution in [0.1, 0.15) is 19.4 Å². The van der Waals surface area contributed by atoms with Crippen molar-refractivity contribution in [3.8, 4) is 0 Å². The second-order valence-corrected chi connectivity index (χ2v) is 3.36. The monoisotopic (exact) mass is 165 g/mol. The fraction of sp³-hybridized carbons (Fsp3) is 0.556. The van der Waals surface area contributed by atoms with Crippen molar-refractivity contribution in [1.82, 2.24) is 9.97 Å². The van der Waals surface area contributed by atoms with Gasteiger partial charge in [-0.2, -0.15) is 0 Å². The molecule has 1 aromatic rings. The summed E-state index contributed by atoms with van der Waals surface area (Å²) in [4.78, 5) is 8.26. The average molecular weight is 165 g/mol. The Bertz CT molecular complexity index is 228. The minimum Gasteiger partial charge on any atom is -0.354 e. The molecule has 0 saturated heterocycles. The Labute approximate surface area is 73.2 Å². The lowest BCUT2D eigenvalue weighted by Gasteiger charge is -2.06. The Hall–Kier alpha value is -1.12. The molecule has 0 spiro atoms. The zero-order valence-electron chi connectivity index (χ0n) is 7.83. The third-order valence-electron chi connectivity index (χ3n) is 1.45. The van der Waals surface area contributed by atoms with Gasteiger partial charge < -0.3 is 5.32 Å². The van der Waals surface area contributed by atoms with Crippen molar-refractivity contribution in [2.45, 2.75) is 20.8 Å². The van der Waals surface area contributed by atoms with Crippen LogP contribution in [0.15, 0.2) is 12.4 Å². The number of hydrogen-bond acceptors (Lipinski definition) is 3. The molecule has 0 aromatic carbocycles. The summed E-state index contributed by atoms with van der Waals surface area (Å²) in [6.45, 7) is 7.21. The van der Waals surface area contributed by atoms with Gasteiger partial charge in [-0.05, 0) is 18.4 Å². The molecule has 0 radical (unpaired) electrons. The SMILES string of the molecule is Cc1cnc(NCC(C)C)nc1. The molecule has 0 saturated carbocycles. The predicted octanol–water partition coefficient (Wildman–Crippen LogP) is 1.85. The molecule has 3 heteroatoms. The number of nitrogens with one attached hydrogen (secondary N) is 1. The highest BCUT2D eigenvalue weighted by atomic mass is 15.1. The van der Waals surface area contributed by atoms with E-state index in [1.54, 1.807) is 0 Å². The van der Waals surface area contributed by atoms with Crippen molar-refractivity contribution < 1.29 is 0 Å². The number of anilines is 1. The normalized spacial score (nSPS) is 10.3. The van der Waals surface area contributed by atoms with Crippen LogP contribution in [0.3, 0.4) is 0 Å².